The summed E-state index contributed by atoms with van der Waals surface area (Å²) < 4.78 is 19.1. The zero-order valence-electron chi connectivity index (χ0n) is 11.4. The van der Waals surface area contributed by atoms with Crippen molar-refractivity contribution >= 4 is 5.97 Å². The van der Waals surface area contributed by atoms with Gasteiger partial charge in [0.2, 0.25) is 0 Å². The molecule has 5 heteroatoms. The third kappa shape index (κ3) is 4.85. The number of hydrogen-bond donors (Lipinski definition) is 1. The number of hydrogen-bond acceptors (Lipinski definition) is 3. The van der Waals surface area contributed by atoms with Crippen molar-refractivity contribution in [2.24, 2.45) is 0 Å². The van der Waals surface area contributed by atoms with Crippen LogP contribution in [0.4, 0.5) is 4.39 Å². The molecule has 4 nitrogen and oxygen atoms in total. The third-order valence-electron chi connectivity index (χ3n) is 2.86. The Morgan fingerprint density at radius 3 is 2.84 bits per heavy atom. The molecule has 0 amide bonds. The van der Waals surface area contributed by atoms with Gasteiger partial charge in [0.1, 0.15) is 5.56 Å². The van der Waals surface area contributed by atoms with Crippen LogP contribution in [-0.4, -0.2) is 22.2 Å². The van der Waals surface area contributed by atoms with Crippen LogP contribution in [0.3, 0.4) is 0 Å². The minimum atomic E-state index is -1.32. The molecule has 0 aliphatic carbocycles. The highest BCUT2D eigenvalue weighted by molar-refractivity contribution is 5.88. The summed E-state index contributed by atoms with van der Waals surface area (Å²) in [5.41, 5.74) is -0.414. The van der Waals surface area contributed by atoms with Gasteiger partial charge in [0.05, 0.1) is 6.10 Å². The molecule has 19 heavy (non-hydrogen) atoms. The van der Waals surface area contributed by atoms with Gasteiger partial charge in [-0.25, -0.2) is 14.2 Å². The molecular formula is C14H20FNO3. The van der Waals surface area contributed by atoms with Crippen molar-refractivity contribution in [1.29, 1.82) is 0 Å². The number of rotatable bonds is 8. The average Bonchev–Trinajstić information content (AvgIpc) is 2.37. The molecule has 1 N–H and O–H groups in total. The van der Waals surface area contributed by atoms with Gasteiger partial charge in [-0.3, -0.25) is 0 Å². The maximum absolute atomic E-state index is 13.8. The molecule has 1 aromatic rings. The summed E-state index contributed by atoms with van der Waals surface area (Å²) in [4.78, 5) is 14.5. The van der Waals surface area contributed by atoms with E-state index in [0.29, 0.717) is 0 Å². The quantitative estimate of drug-likeness (QED) is 0.732. The van der Waals surface area contributed by atoms with E-state index in [2.05, 4.69) is 11.9 Å². The summed E-state index contributed by atoms with van der Waals surface area (Å²) in [7, 11) is 0. The summed E-state index contributed by atoms with van der Waals surface area (Å²) >= 11 is 0. The van der Waals surface area contributed by atoms with Gasteiger partial charge in [-0.05, 0) is 25.8 Å². The first-order chi connectivity index (χ1) is 9.06. The van der Waals surface area contributed by atoms with Crippen molar-refractivity contribution in [2.45, 2.75) is 52.1 Å². The molecule has 1 rings (SSSR count). The molecule has 0 radical (unpaired) electrons. The second-order valence-electron chi connectivity index (χ2n) is 4.56. The van der Waals surface area contributed by atoms with Crippen LogP contribution in [0.2, 0.25) is 0 Å². The van der Waals surface area contributed by atoms with E-state index in [4.69, 9.17) is 9.84 Å². The number of carbonyl (C=O) groups is 1. The Labute approximate surface area is 112 Å². The number of aromatic nitrogens is 1. The zero-order valence-corrected chi connectivity index (χ0v) is 11.4. The predicted octanol–water partition coefficient (Wildman–Crippen LogP) is 3.66. The van der Waals surface area contributed by atoms with E-state index in [1.54, 1.807) is 0 Å². The Morgan fingerprint density at radius 1 is 1.47 bits per heavy atom. The average molecular weight is 269 g/mol. The Balaban J connectivity index is 2.57. The molecule has 0 saturated heterocycles. The lowest BCUT2D eigenvalue weighted by atomic mass is 10.1. The first-order valence-corrected chi connectivity index (χ1v) is 6.60. The van der Waals surface area contributed by atoms with Crippen molar-refractivity contribution in [3.63, 3.8) is 0 Å². The summed E-state index contributed by atoms with van der Waals surface area (Å²) in [5, 5.41) is 8.80. The molecule has 1 unspecified atom stereocenters. The topological polar surface area (TPSA) is 59.4 Å². The molecule has 0 aromatic carbocycles. The van der Waals surface area contributed by atoms with Gasteiger partial charge in [-0.2, -0.15) is 0 Å². The van der Waals surface area contributed by atoms with Crippen LogP contribution >= 0.6 is 0 Å². The van der Waals surface area contributed by atoms with Crippen molar-refractivity contribution in [2.75, 3.05) is 0 Å². The summed E-state index contributed by atoms with van der Waals surface area (Å²) in [6.07, 6.45) is 6.33. The Bertz CT molecular complexity index is 423. The molecule has 0 saturated carbocycles. The minimum Gasteiger partial charge on any atom is -0.478 e. The molecule has 1 atom stereocenters. The monoisotopic (exact) mass is 269 g/mol. The number of unbranched alkanes of at least 4 members (excludes halogenated alkanes) is 3. The fourth-order valence-corrected chi connectivity index (χ4v) is 1.78. The standard InChI is InChI=1S/C14H20FNO3/c1-3-4-5-6-7-10(2)19-13-12(15)11(14(17)18)8-9-16-13/h8-10H,3-7H2,1-2H3,(H,17,18). The van der Waals surface area contributed by atoms with Crippen LogP contribution in [-0.2, 0) is 0 Å². The number of pyridine rings is 1. The molecule has 106 valence electrons. The lowest BCUT2D eigenvalue weighted by Gasteiger charge is -2.14. The summed E-state index contributed by atoms with van der Waals surface area (Å²) in [6.45, 7) is 3.97. The molecule has 0 spiro atoms. The van der Waals surface area contributed by atoms with Gasteiger partial charge >= 0.3 is 5.97 Å². The number of aromatic carboxylic acids is 1. The number of nitrogens with zero attached hydrogens (tertiary/aromatic N) is 1. The van der Waals surface area contributed by atoms with Gasteiger partial charge in [0.15, 0.2) is 5.82 Å². The first kappa shape index (κ1) is 15.4. The third-order valence-corrected chi connectivity index (χ3v) is 2.86. The van der Waals surface area contributed by atoms with Crippen molar-refractivity contribution in [3.8, 4) is 5.88 Å². The fraction of sp³-hybridized carbons (Fsp3) is 0.571. The molecule has 0 aliphatic heterocycles. The van der Waals surface area contributed by atoms with Crippen LogP contribution in [0.1, 0.15) is 56.3 Å². The first-order valence-electron chi connectivity index (χ1n) is 6.60. The molecule has 0 aliphatic rings. The van der Waals surface area contributed by atoms with Crippen molar-refractivity contribution < 1.29 is 19.0 Å². The second-order valence-corrected chi connectivity index (χ2v) is 4.56. The molecule has 1 heterocycles. The molecule has 1 aromatic heterocycles. The van der Waals surface area contributed by atoms with E-state index >= 15 is 0 Å². The highest BCUT2D eigenvalue weighted by atomic mass is 19.1. The summed E-state index contributed by atoms with van der Waals surface area (Å²) in [6, 6.07) is 1.12. The normalized spacial score (nSPS) is 12.2. The van der Waals surface area contributed by atoms with E-state index in [-0.39, 0.29) is 12.0 Å². The number of ether oxygens (including phenoxy) is 1. The van der Waals surface area contributed by atoms with Gasteiger partial charge < -0.3 is 9.84 Å². The second kappa shape index (κ2) is 7.71. The van der Waals surface area contributed by atoms with Crippen LogP contribution in [0, 0.1) is 5.82 Å². The highest BCUT2D eigenvalue weighted by Crippen LogP contribution is 2.20. The fourth-order valence-electron chi connectivity index (χ4n) is 1.78. The van der Waals surface area contributed by atoms with Crippen LogP contribution in [0.25, 0.3) is 0 Å². The van der Waals surface area contributed by atoms with Gasteiger partial charge in [0.25, 0.3) is 5.88 Å². The van der Waals surface area contributed by atoms with Crippen molar-refractivity contribution in [3.05, 3.63) is 23.6 Å². The Hall–Kier alpha value is -1.65. The van der Waals surface area contributed by atoms with Gasteiger partial charge in [-0.1, -0.05) is 26.2 Å². The smallest absolute Gasteiger partial charge is 0.338 e. The van der Waals surface area contributed by atoms with E-state index in [1.165, 1.54) is 12.6 Å². The summed E-state index contributed by atoms with van der Waals surface area (Å²) in [5.74, 6) is -2.46. The van der Waals surface area contributed by atoms with Crippen LogP contribution < -0.4 is 4.74 Å². The lowest BCUT2D eigenvalue weighted by Crippen LogP contribution is -2.15. The number of halogens is 1. The van der Waals surface area contributed by atoms with E-state index in [1.807, 2.05) is 6.92 Å². The largest absolute Gasteiger partial charge is 0.478 e. The number of carboxylic acid groups (broad SMARTS) is 1. The number of carboxylic acids is 1. The van der Waals surface area contributed by atoms with E-state index in [9.17, 15) is 9.18 Å². The van der Waals surface area contributed by atoms with E-state index < -0.39 is 17.3 Å². The molecular weight excluding hydrogens is 249 g/mol. The zero-order chi connectivity index (χ0) is 14.3. The predicted molar refractivity (Wildman–Crippen MR) is 70.0 cm³/mol. The molecule has 0 fully saturated rings. The minimum absolute atomic E-state index is 0.178. The van der Waals surface area contributed by atoms with E-state index in [0.717, 1.165) is 31.7 Å². The highest BCUT2D eigenvalue weighted by Gasteiger charge is 2.17. The van der Waals surface area contributed by atoms with Gasteiger partial charge in [0, 0.05) is 6.20 Å². The maximum Gasteiger partial charge on any atom is 0.338 e. The van der Waals surface area contributed by atoms with Crippen LogP contribution in [0.15, 0.2) is 12.3 Å². The Morgan fingerprint density at radius 2 is 2.21 bits per heavy atom. The SMILES string of the molecule is CCCCCCC(C)Oc1nccc(C(=O)O)c1F. The molecule has 0 bridgehead atoms. The van der Waals surface area contributed by atoms with Crippen LogP contribution in [0.5, 0.6) is 5.88 Å². The van der Waals surface area contributed by atoms with Gasteiger partial charge in [-0.15, -0.1) is 0 Å². The Kier molecular flexibility index (Phi) is 6.25. The maximum atomic E-state index is 13.8. The lowest BCUT2D eigenvalue weighted by molar-refractivity contribution is 0.0689. The van der Waals surface area contributed by atoms with Crippen molar-refractivity contribution in [1.82, 2.24) is 4.98 Å².